The summed E-state index contributed by atoms with van der Waals surface area (Å²) in [5.74, 6) is -4.30. The van der Waals surface area contributed by atoms with Crippen molar-refractivity contribution in [3.8, 4) is 5.75 Å². The molecule has 8 heteroatoms. The van der Waals surface area contributed by atoms with Crippen molar-refractivity contribution in [3.05, 3.63) is 29.1 Å². The molecule has 0 spiro atoms. The van der Waals surface area contributed by atoms with E-state index in [2.05, 4.69) is 4.74 Å². The zero-order chi connectivity index (χ0) is 13.2. The summed E-state index contributed by atoms with van der Waals surface area (Å²) in [5, 5.41) is 18.3. The highest BCUT2D eigenvalue weighted by Crippen LogP contribution is 2.30. The number of hydrogen-bond acceptors (Lipinski definition) is 5. The Balaban J connectivity index is 0.00000289. The molecule has 4 N–H and O–H groups in total. The van der Waals surface area contributed by atoms with Crippen LogP contribution < -0.4 is 5.73 Å². The van der Waals surface area contributed by atoms with Gasteiger partial charge in [0, 0.05) is 0 Å². The van der Waals surface area contributed by atoms with Gasteiger partial charge in [0.25, 0.3) is 0 Å². The Morgan fingerprint density at radius 3 is 2.44 bits per heavy atom. The first kappa shape index (κ1) is 16.1. The summed E-state index contributed by atoms with van der Waals surface area (Å²) in [6.45, 7) is 0. The number of aromatic carboxylic acids is 1. The molecule has 0 aliphatic carbocycles. The van der Waals surface area contributed by atoms with Gasteiger partial charge < -0.3 is 20.7 Å². The molecule has 0 amide bonds. The van der Waals surface area contributed by atoms with Crippen LogP contribution >= 0.6 is 12.4 Å². The van der Waals surface area contributed by atoms with Gasteiger partial charge in [-0.1, -0.05) is 0 Å². The van der Waals surface area contributed by atoms with Crippen LogP contribution in [0.15, 0.2) is 12.1 Å². The summed E-state index contributed by atoms with van der Waals surface area (Å²) < 4.78 is 17.7. The number of carboxylic acid groups (broad SMARTS) is 1. The lowest BCUT2D eigenvalue weighted by molar-refractivity contribution is -0.142. The lowest BCUT2D eigenvalue weighted by Gasteiger charge is -2.13. The van der Waals surface area contributed by atoms with E-state index in [4.69, 9.17) is 10.8 Å². The first-order chi connectivity index (χ1) is 7.90. The second-order valence-electron chi connectivity index (χ2n) is 3.16. The Labute approximate surface area is 108 Å². The molecular weight excluding hydrogens is 269 g/mol. The molecule has 0 aromatic heterocycles. The van der Waals surface area contributed by atoms with Gasteiger partial charge in [-0.2, -0.15) is 0 Å². The molecule has 0 fully saturated rings. The molecule has 0 aliphatic rings. The zero-order valence-electron chi connectivity index (χ0n) is 9.21. The molecule has 0 saturated heterocycles. The minimum Gasteiger partial charge on any atom is -0.507 e. The van der Waals surface area contributed by atoms with E-state index in [9.17, 15) is 19.1 Å². The fourth-order valence-corrected chi connectivity index (χ4v) is 1.30. The number of rotatable bonds is 3. The minimum absolute atomic E-state index is 0. The molecule has 1 aromatic carbocycles. The Morgan fingerprint density at radius 2 is 2.00 bits per heavy atom. The minimum atomic E-state index is -1.58. The standard InChI is InChI=1S/C10H10FNO5.ClH/c1-17-10(16)7(12)6-5(11)3-2-4(8(6)13)9(14)15;/h2-3,7,13H,12H2,1H3,(H,14,15);1H/t7-;/m0./s1. The van der Waals surface area contributed by atoms with E-state index in [-0.39, 0.29) is 12.4 Å². The summed E-state index contributed by atoms with van der Waals surface area (Å²) in [7, 11) is 1.04. The second kappa shape index (κ2) is 6.18. The third-order valence-corrected chi connectivity index (χ3v) is 2.16. The van der Waals surface area contributed by atoms with E-state index < -0.39 is 40.7 Å². The highest BCUT2D eigenvalue weighted by molar-refractivity contribution is 5.92. The number of carboxylic acids is 1. The lowest BCUT2D eigenvalue weighted by atomic mass is 10.0. The number of phenols is 1. The molecule has 1 rings (SSSR count). The van der Waals surface area contributed by atoms with Crippen LogP contribution in [-0.4, -0.2) is 29.3 Å². The smallest absolute Gasteiger partial charge is 0.339 e. The average Bonchev–Trinajstić information content (AvgIpc) is 2.27. The quantitative estimate of drug-likeness (QED) is 0.707. The molecule has 0 unspecified atom stereocenters. The summed E-state index contributed by atoms with van der Waals surface area (Å²) in [6.07, 6.45) is 0. The lowest BCUT2D eigenvalue weighted by Crippen LogP contribution is -2.24. The third kappa shape index (κ3) is 2.88. The Morgan fingerprint density at radius 1 is 1.44 bits per heavy atom. The topological polar surface area (TPSA) is 110 Å². The molecule has 1 aromatic rings. The normalized spacial score (nSPS) is 11.3. The van der Waals surface area contributed by atoms with Crippen molar-refractivity contribution in [2.24, 2.45) is 5.73 Å². The Kier molecular flexibility index (Phi) is 5.54. The van der Waals surface area contributed by atoms with Crippen LogP contribution in [0.5, 0.6) is 5.75 Å². The highest BCUT2D eigenvalue weighted by atomic mass is 35.5. The van der Waals surface area contributed by atoms with E-state index in [0.717, 1.165) is 19.2 Å². The van der Waals surface area contributed by atoms with Gasteiger partial charge in [-0.25, -0.2) is 9.18 Å². The number of methoxy groups -OCH3 is 1. The number of esters is 1. The number of aromatic hydroxyl groups is 1. The van der Waals surface area contributed by atoms with Crippen molar-refractivity contribution >= 4 is 24.3 Å². The maximum Gasteiger partial charge on any atom is 0.339 e. The van der Waals surface area contributed by atoms with Gasteiger partial charge in [0.15, 0.2) is 0 Å². The molecule has 0 saturated carbocycles. The molecular formula is C10H11ClFNO5. The van der Waals surface area contributed by atoms with Crippen LogP contribution in [0.2, 0.25) is 0 Å². The van der Waals surface area contributed by atoms with E-state index in [1.54, 1.807) is 0 Å². The summed E-state index contributed by atoms with van der Waals surface area (Å²) in [5.41, 5.74) is 4.21. The first-order valence-electron chi connectivity index (χ1n) is 4.48. The van der Waals surface area contributed by atoms with Crippen molar-refractivity contribution in [3.63, 3.8) is 0 Å². The third-order valence-electron chi connectivity index (χ3n) is 2.16. The van der Waals surface area contributed by atoms with E-state index in [0.29, 0.717) is 0 Å². The van der Waals surface area contributed by atoms with E-state index in [1.165, 1.54) is 0 Å². The molecule has 6 nitrogen and oxygen atoms in total. The van der Waals surface area contributed by atoms with Gasteiger partial charge in [-0.3, -0.25) is 4.79 Å². The second-order valence-corrected chi connectivity index (χ2v) is 3.16. The number of hydrogen-bond donors (Lipinski definition) is 3. The van der Waals surface area contributed by atoms with Gasteiger partial charge >= 0.3 is 11.9 Å². The largest absolute Gasteiger partial charge is 0.507 e. The summed E-state index contributed by atoms with van der Waals surface area (Å²) >= 11 is 0. The molecule has 1 atom stereocenters. The summed E-state index contributed by atoms with van der Waals surface area (Å²) in [4.78, 5) is 21.8. The van der Waals surface area contributed by atoms with Gasteiger partial charge in [0.1, 0.15) is 23.2 Å². The predicted octanol–water partition coefficient (Wildman–Crippen LogP) is 0.824. The monoisotopic (exact) mass is 279 g/mol. The number of ether oxygens (including phenoxy) is 1. The molecule has 100 valence electrons. The van der Waals surface area contributed by atoms with Crippen molar-refractivity contribution in [1.29, 1.82) is 0 Å². The van der Waals surface area contributed by atoms with Crippen molar-refractivity contribution in [2.75, 3.05) is 7.11 Å². The van der Waals surface area contributed by atoms with Crippen molar-refractivity contribution < 1.29 is 28.9 Å². The van der Waals surface area contributed by atoms with Crippen LogP contribution in [0.3, 0.4) is 0 Å². The molecule has 0 radical (unpaired) electrons. The first-order valence-corrected chi connectivity index (χ1v) is 4.48. The maximum absolute atomic E-state index is 13.4. The Bertz CT molecular complexity index is 480. The van der Waals surface area contributed by atoms with Gasteiger partial charge in [-0.05, 0) is 12.1 Å². The number of nitrogens with two attached hydrogens (primary N) is 1. The Hall–Kier alpha value is -1.86. The number of carbonyl (C=O) groups is 2. The molecule has 18 heavy (non-hydrogen) atoms. The van der Waals surface area contributed by atoms with Crippen LogP contribution in [0.25, 0.3) is 0 Å². The number of carbonyl (C=O) groups excluding carboxylic acids is 1. The van der Waals surface area contributed by atoms with Crippen LogP contribution in [0, 0.1) is 5.82 Å². The van der Waals surface area contributed by atoms with Crippen LogP contribution in [-0.2, 0) is 9.53 Å². The number of benzene rings is 1. The van der Waals surface area contributed by atoms with Crippen molar-refractivity contribution in [1.82, 2.24) is 0 Å². The van der Waals surface area contributed by atoms with Crippen LogP contribution in [0.1, 0.15) is 22.0 Å². The summed E-state index contributed by atoms with van der Waals surface area (Å²) in [6, 6.07) is 0.0984. The van der Waals surface area contributed by atoms with E-state index in [1.807, 2.05) is 0 Å². The zero-order valence-corrected chi connectivity index (χ0v) is 10.0. The van der Waals surface area contributed by atoms with Gasteiger partial charge in [-0.15, -0.1) is 12.4 Å². The van der Waals surface area contributed by atoms with E-state index >= 15 is 0 Å². The van der Waals surface area contributed by atoms with Crippen molar-refractivity contribution in [2.45, 2.75) is 6.04 Å². The predicted molar refractivity (Wildman–Crippen MR) is 61.2 cm³/mol. The van der Waals surface area contributed by atoms with Gasteiger partial charge in [0.2, 0.25) is 0 Å². The fourth-order valence-electron chi connectivity index (χ4n) is 1.30. The average molecular weight is 280 g/mol. The highest BCUT2D eigenvalue weighted by Gasteiger charge is 2.27. The SMILES string of the molecule is COC(=O)[C@@H](N)c1c(F)ccc(C(=O)O)c1O.Cl. The molecule has 0 bridgehead atoms. The van der Waals surface area contributed by atoms with Gasteiger partial charge in [0.05, 0.1) is 12.7 Å². The fraction of sp³-hybridized carbons (Fsp3) is 0.200. The van der Waals surface area contributed by atoms with Crippen LogP contribution in [0.4, 0.5) is 4.39 Å². The number of halogens is 2. The molecule has 0 heterocycles. The molecule has 0 aliphatic heterocycles. The maximum atomic E-state index is 13.4.